The molecular weight excluding hydrogens is 210 g/mol. The van der Waals surface area contributed by atoms with Gasteiger partial charge in [0, 0.05) is 12.5 Å². The summed E-state index contributed by atoms with van der Waals surface area (Å²) in [6.07, 6.45) is 6.35. The Bertz CT molecular complexity index is 410. The quantitative estimate of drug-likeness (QED) is 0.863. The average Bonchev–Trinajstić information content (AvgIpc) is 3.17. The van der Waals surface area contributed by atoms with Gasteiger partial charge in [0.2, 0.25) is 0 Å². The van der Waals surface area contributed by atoms with E-state index in [0.717, 1.165) is 31.2 Å². The number of hydrogen-bond acceptors (Lipinski definition) is 2. The maximum absolute atomic E-state index is 12.4. The van der Waals surface area contributed by atoms with E-state index in [9.17, 15) is 4.79 Å². The van der Waals surface area contributed by atoms with E-state index < -0.39 is 0 Å². The Morgan fingerprint density at radius 2 is 1.88 bits per heavy atom. The minimum Gasteiger partial charge on any atom is -0.298 e. The Morgan fingerprint density at radius 1 is 1.12 bits per heavy atom. The van der Waals surface area contributed by atoms with Crippen LogP contribution < -0.4 is 5.32 Å². The number of hydrogen-bond donors (Lipinski definition) is 1. The van der Waals surface area contributed by atoms with Crippen molar-refractivity contribution >= 4 is 5.78 Å². The summed E-state index contributed by atoms with van der Waals surface area (Å²) in [6, 6.07) is 10.8. The maximum Gasteiger partial charge on any atom is 0.157 e. The van der Waals surface area contributed by atoms with Gasteiger partial charge >= 0.3 is 0 Å². The van der Waals surface area contributed by atoms with Crippen LogP contribution in [0, 0.1) is 0 Å². The van der Waals surface area contributed by atoms with Crippen molar-refractivity contribution in [2.75, 3.05) is 0 Å². The normalized spacial score (nSPS) is 29.3. The second kappa shape index (κ2) is 4.26. The molecule has 2 aliphatic carbocycles. The highest BCUT2D eigenvalue weighted by Crippen LogP contribution is 2.37. The molecule has 1 aromatic carbocycles. The van der Waals surface area contributed by atoms with Gasteiger partial charge in [-0.2, -0.15) is 0 Å². The zero-order chi connectivity index (χ0) is 11.7. The molecule has 1 atom stereocenters. The highest BCUT2D eigenvalue weighted by molar-refractivity contribution is 5.90. The van der Waals surface area contributed by atoms with Crippen LogP contribution in [-0.4, -0.2) is 11.8 Å². The lowest BCUT2D eigenvalue weighted by atomic mass is 9.75. The Balaban J connectivity index is 1.96. The van der Waals surface area contributed by atoms with Crippen LogP contribution in [0.2, 0.25) is 0 Å². The summed E-state index contributed by atoms with van der Waals surface area (Å²) in [4.78, 5) is 12.4. The molecule has 0 aliphatic heterocycles. The molecule has 0 saturated heterocycles. The highest BCUT2D eigenvalue weighted by atomic mass is 16.1. The minimum atomic E-state index is -0.374. The zero-order valence-electron chi connectivity index (χ0n) is 10.1. The molecule has 2 nitrogen and oxygen atoms in total. The third-order valence-corrected chi connectivity index (χ3v) is 3.98. The van der Waals surface area contributed by atoms with Gasteiger partial charge in [0.25, 0.3) is 0 Å². The highest BCUT2D eigenvalue weighted by Gasteiger charge is 2.44. The van der Waals surface area contributed by atoms with Crippen molar-refractivity contribution in [3.05, 3.63) is 35.9 Å². The number of nitrogens with one attached hydrogen (secondary N) is 1. The first-order valence-corrected chi connectivity index (χ1v) is 6.68. The second-order valence-corrected chi connectivity index (χ2v) is 5.32. The number of Topliss-reactive ketones (excluding diaryl/α,β-unsaturated/α-hetero) is 1. The van der Waals surface area contributed by atoms with Gasteiger partial charge < -0.3 is 0 Å². The van der Waals surface area contributed by atoms with Crippen LogP contribution >= 0.6 is 0 Å². The van der Waals surface area contributed by atoms with Gasteiger partial charge in [0.05, 0.1) is 0 Å². The molecule has 0 heterocycles. The van der Waals surface area contributed by atoms with Gasteiger partial charge in [0.1, 0.15) is 5.54 Å². The molecule has 2 heteroatoms. The Morgan fingerprint density at radius 3 is 2.53 bits per heavy atom. The van der Waals surface area contributed by atoms with Crippen LogP contribution in [0.3, 0.4) is 0 Å². The molecule has 1 aromatic rings. The standard InChI is InChI=1S/C15H19NO/c17-14-8-4-5-11-15(14,16-13-9-10-13)12-6-2-1-3-7-12/h1-3,6-7,13,16H,4-5,8-11H2/t15-/m1/s1. The van der Waals surface area contributed by atoms with E-state index in [1.165, 1.54) is 12.8 Å². The number of carbonyl (C=O) groups excluding carboxylic acids is 1. The molecule has 2 fully saturated rings. The van der Waals surface area contributed by atoms with Crippen LogP contribution in [0.5, 0.6) is 0 Å². The van der Waals surface area contributed by atoms with Crippen molar-refractivity contribution in [2.24, 2.45) is 0 Å². The van der Waals surface area contributed by atoms with Crippen molar-refractivity contribution in [3.8, 4) is 0 Å². The summed E-state index contributed by atoms with van der Waals surface area (Å²) < 4.78 is 0. The third-order valence-electron chi connectivity index (χ3n) is 3.98. The number of ketones is 1. The van der Waals surface area contributed by atoms with Gasteiger partial charge in [0.15, 0.2) is 5.78 Å². The molecule has 17 heavy (non-hydrogen) atoms. The predicted molar refractivity (Wildman–Crippen MR) is 67.8 cm³/mol. The average molecular weight is 229 g/mol. The lowest BCUT2D eigenvalue weighted by Crippen LogP contribution is -2.51. The van der Waals surface area contributed by atoms with Crippen LogP contribution in [-0.2, 0) is 10.3 Å². The molecule has 0 radical (unpaired) electrons. The smallest absolute Gasteiger partial charge is 0.157 e. The Labute approximate surface area is 102 Å². The van der Waals surface area contributed by atoms with E-state index in [2.05, 4.69) is 17.4 Å². The maximum atomic E-state index is 12.4. The lowest BCUT2D eigenvalue weighted by Gasteiger charge is -2.37. The molecule has 2 saturated carbocycles. The zero-order valence-corrected chi connectivity index (χ0v) is 10.1. The summed E-state index contributed by atoms with van der Waals surface area (Å²) in [5, 5.41) is 3.62. The van der Waals surface area contributed by atoms with Gasteiger partial charge in [-0.25, -0.2) is 0 Å². The summed E-state index contributed by atoms with van der Waals surface area (Å²) >= 11 is 0. The fourth-order valence-electron chi connectivity index (χ4n) is 2.87. The molecule has 2 aliphatic rings. The van der Waals surface area contributed by atoms with Crippen LogP contribution in [0.4, 0.5) is 0 Å². The fraction of sp³-hybridized carbons (Fsp3) is 0.533. The first-order valence-electron chi connectivity index (χ1n) is 6.68. The Hall–Kier alpha value is -1.15. The Kier molecular flexibility index (Phi) is 2.75. The first kappa shape index (κ1) is 11.0. The van der Waals surface area contributed by atoms with E-state index >= 15 is 0 Å². The minimum absolute atomic E-state index is 0.374. The molecule has 3 rings (SSSR count). The summed E-state index contributed by atoms with van der Waals surface area (Å²) in [7, 11) is 0. The second-order valence-electron chi connectivity index (χ2n) is 5.32. The van der Waals surface area contributed by atoms with E-state index in [4.69, 9.17) is 0 Å². The third kappa shape index (κ3) is 2.02. The van der Waals surface area contributed by atoms with Crippen molar-refractivity contribution in [1.82, 2.24) is 5.32 Å². The molecular formula is C15H19NO. The van der Waals surface area contributed by atoms with Crippen molar-refractivity contribution < 1.29 is 4.79 Å². The molecule has 0 spiro atoms. The summed E-state index contributed by atoms with van der Waals surface area (Å²) in [5.74, 6) is 0.391. The fourth-order valence-corrected chi connectivity index (χ4v) is 2.87. The summed E-state index contributed by atoms with van der Waals surface area (Å²) in [6.45, 7) is 0. The predicted octanol–water partition coefficient (Wildman–Crippen LogP) is 2.78. The molecule has 0 unspecified atom stereocenters. The molecule has 0 aromatic heterocycles. The number of carbonyl (C=O) groups is 1. The molecule has 90 valence electrons. The SMILES string of the molecule is O=C1CCCC[C@@]1(NC1CC1)c1ccccc1. The van der Waals surface area contributed by atoms with Crippen molar-refractivity contribution in [3.63, 3.8) is 0 Å². The number of rotatable bonds is 3. The van der Waals surface area contributed by atoms with E-state index in [-0.39, 0.29) is 5.54 Å². The van der Waals surface area contributed by atoms with Crippen LogP contribution in [0.25, 0.3) is 0 Å². The number of benzene rings is 1. The molecule has 1 N–H and O–H groups in total. The van der Waals surface area contributed by atoms with Gasteiger partial charge in [-0.05, 0) is 31.2 Å². The molecule has 0 bridgehead atoms. The topological polar surface area (TPSA) is 29.1 Å². The van der Waals surface area contributed by atoms with Crippen LogP contribution in [0.1, 0.15) is 44.1 Å². The van der Waals surface area contributed by atoms with E-state index in [1.54, 1.807) is 0 Å². The largest absolute Gasteiger partial charge is 0.298 e. The van der Waals surface area contributed by atoms with E-state index in [1.807, 2.05) is 18.2 Å². The van der Waals surface area contributed by atoms with Crippen molar-refractivity contribution in [2.45, 2.75) is 50.1 Å². The summed E-state index contributed by atoms with van der Waals surface area (Å²) in [5.41, 5.74) is 0.789. The van der Waals surface area contributed by atoms with Crippen molar-refractivity contribution in [1.29, 1.82) is 0 Å². The lowest BCUT2D eigenvalue weighted by molar-refractivity contribution is -0.128. The van der Waals surface area contributed by atoms with E-state index in [0.29, 0.717) is 11.8 Å². The first-order chi connectivity index (χ1) is 8.31. The van der Waals surface area contributed by atoms with Gasteiger partial charge in [-0.15, -0.1) is 0 Å². The monoisotopic (exact) mass is 229 g/mol. The van der Waals surface area contributed by atoms with Gasteiger partial charge in [-0.1, -0.05) is 36.8 Å². The van der Waals surface area contributed by atoms with Gasteiger partial charge in [-0.3, -0.25) is 10.1 Å². The van der Waals surface area contributed by atoms with Crippen LogP contribution in [0.15, 0.2) is 30.3 Å². The molecule has 0 amide bonds.